The quantitative estimate of drug-likeness (QED) is 0.0921. The Kier molecular flexibility index (Phi) is 12.0. The topological polar surface area (TPSA) is 202 Å². The number of likely N-dealkylation sites (tertiary alicyclic amines) is 2. The minimum Gasteiger partial charge on any atom is -0.464 e. The lowest BCUT2D eigenvalue weighted by molar-refractivity contribution is -0.136. The fourth-order valence-corrected chi connectivity index (χ4v) is 11.0. The Morgan fingerprint density at radius 3 is 1.91 bits per heavy atom. The molecule has 5 atom stereocenters. The normalized spacial score (nSPS) is 19.8. The van der Waals surface area contributed by atoms with Crippen LogP contribution in [0.1, 0.15) is 112 Å². The van der Waals surface area contributed by atoms with Gasteiger partial charge in [-0.1, -0.05) is 33.8 Å². The molecule has 68 heavy (non-hydrogen) atoms. The number of aromatic nitrogens is 6. The maximum absolute atomic E-state index is 16.9. The second-order valence-electron chi connectivity index (χ2n) is 18.8. The number of ether oxygens (including phenoxy) is 3. The number of carbonyl (C=O) groups excluding carboxylic acids is 4. The van der Waals surface area contributed by atoms with Gasteiger partial charge >= 0.3 is 12.2 Å². The number of nitrogens with one attached hydrogen (secondary N) is 4. The molecule has 4 aliphatic rings. The fraction of sp³-hybridized carbons (Fsp3) is 0.449. The van der Waals surface area contributed by atoms with Gasteiger partial charge < -0.3 is 44.6 Å². The Hall–Kier alpha value is -6.76. The Morgan fingerprint density at radius 2 is 1.35 bits per heavy atom. The van der Waals surface area contributed by atoms with Crippen LogP contribution in [0.25, 0.3) is 44.7 Å². The molecule has 10 rings (SSSR count). The van der Waals surface area contributed by atoms with E-state index in [0.717, 1.165) is 64.1 Å². The molecule has 19 heteroatoms. The number of rotatable bonds is 12. The molecule has 3 aliphatic heterocycles. The number of amides is 4. The van der Waals surface area contributed by atoms with E-state index >= 15 is 4.39 Å². The average molecular weight is 947 g/mol. The molecule has 4 amide bonds. The maximum Gasteiger partial charge on any atom is 0.407 e. The van der Waals surface area contributed by atoms with Gasteiger partial charge in [-0.3, -0.25) is 14.2 Å². The molecule has 3 unspecified atom stereocenters. The number of thiazole rings is 1. The highest BCUT2D eigenvalue weighted by molar-refractivity contribution is 7.11. The number of imidazole rings is 2. The van der Waals surface area contributed by atoms with E-state index in [4.69, 9.17) is 29.2 Å². The van der Waals surface area contributed by atoms with Crippen molar-refractivity contribution < 1.29 is 37.8 Å². The predicted molar refractivity (Wildman–Crippen MR) is 251 cm³/mol. The first-order chi connectivity index (χ1) is 32.8. The second kappa shape index (κ2) is 18.0. The number of benzene rings is 2. The molecule has 3 fully saturated rings. The van der Waals surface area contributed by atoms with Crippen LogP contribution >= 0.6 is 11.3 Å². The van der Waals surface area contributed by atoms with Crippen LogP contribution in [0.3, 0.4) is 0 Å². The molecule has 356 valence electrons. The van der Waals surface area contributed by atoms with E-state index in [1.54, 1.807) is 33.5 Å². The highest BCUT2D eigenvalue weighted by Gasteiger charge is 2.40. The van der Waals surface area contributed by atoms with Crippen molar-refractivity contribution in [1.82, 2.24) is 49.9 Å². The van der Waals surface area contributed by atoms with Gasteiger partial charge in [0, 0.05) is 41.7 Å². The molecular weight excluding hydrogens is 892 g/mol. The van der Waals surface area contributed by atoms with Gasteiger partial charge in [-0.2, -0.15) is 0 Å². The third kappa shape index (κ3) is 8.23. The smallest absolute Gasteiger partial charge is 0.407 e. The van der Waals surface area contributed by atoms with Crippen molar-refractivity contribution in [2.24, 2.45) is 11.8 Å². The number of alkyl carbamates (subject to hydrolysis) is 2. The summed E-state index contributed by atoms with van der Waals surface area (Å²) in [7, 11) is 2.55. The van der Waals surface area contributed by atoms with E-state index in [-0.39, 0.29) is 35.7 Å². The van der Waals surface area contributed by atoms with Crippen LogP contribution in [-0.2, 0) is 19.1 Å². The molecule has 17 nitrogen and oxygen atoms in total. The van der Waals surface area contributed by atoms with Crippen LogP contribution in [0.5, 0.6) is 5.75 Å². The van der Waals surface area contributed by atoms with Crippen molar-refractivity contribution in [3.05, 3.63) is 82.3 Å². The minimum absolute atomic E-state index is 0.153. The van der Waals surface area contributed by atoms with Crippen molar-refractivity contribution in [2.45, 2.75) is 103 Å². The molecular formula is C49H55FN10O7S. The first kappa shape index (κ1) is 45.0. The van der Waals surface area contributed by atoms with E-state index in [2.05, 4.69) is 20.6 Å². The number of nitrogens with zero attached hydrogens (tertiary/aromatic N) is 6. The lowest BCUT2D eigenvalue weighted by Gasteiger charge is -2.30. The van der Waals surface area contributed by atoms with Gasteiger partial charge in [0.25, 0.3) is 0 Å². The zero-order valence-electron chi connectivity index (χ0n) is 38.8. The van der Waals surface area contributed by atoms with Crippen LogP contribution in [0.15, 0.2) is 55.0 Å². The average Bonchev–Trinajstić information content (AvgIpc) is 4.05. The summed E-state index contributed by atoms with van der Waals surface area (Å²) in [5.41, 5.74) is 4.57. The van der Waals surface area contributed by atoms with Crippen molar-refractivity contribution in [2.75, 3.05) is 27.3 Å². The summed E-state index contributed by atoms with van der Waals surface area (Å²) >= 11 is 1.62. The predicted octanol–water partition coefficient (Wildman–Crippen LogP) is 8.59. The SMILES string of the molecule is COC(=O)NC(C(=O)N1CCCC1c1ncc(-c2ccc3c(c2)cc2n3[C@H](c3cnc(C4CC4)s3)Oc3cc(-c4cnc([C@@H]5CCCN5C(=O)C(NC(=O)OC)C(C)C)[nH]4)cc(F)c3-2)[nH]1)C(C)C. The zero-order valence-corrected chi connectivity index (χ0v) is 39.6. The van der Waals surface area contributed by atoms with Gasteiger partial charge in [-0.15, -0.1) is 11.3 Å². The van der Waals surface area contributed by atoms with Crippen molar-refractivity contribution in [1.29, 1.82) is 0 Å². The van der Waals surface area contributed by atoms with Crippen molar-refractivity contribution in [3.8, 4) is 39.5 Å². The molecule has 4 N–H and O–H groups in total. The van der Waals surface area contributed by atoms with E-state index < -0.39 is 36.3 Å². The summed E-state index contributed by atoms with van der Waals surface area (Å²) in [6.07, 6.45) is 8.51. The molecule has 4 aromatic heterocycles. The van der Waals surface area contributed by atoms with Crippen LogP contribution < -0.4 is 15.4 Å². The number of aromatic amines is 2. The van der Waals surface area contributed by atoms with Gasteiger partial charge in [0.15, 0.2) is 0 Å². The number of hydrogen-bond donors (Lipinski definition) is 4. The zero-order chi connectivity index (χ0) is 47.5. The lowest BCUT2D eigenvalue weighted by atomic mass is 10.0. The van der Waals surface area contributed by atoms with Crippen molar-refractivity contribution in [3.63, 3.8) is 0 Å². The Labute approximate surface area is 396 Å². The third-order valence-electron chi connectivity index (χ3n) is 13.6. The molecule has 0 spiro atoms. The Balaban J connectivity index is 0.963. The highest BCUT2D eigenvalue weighted by atomic mass is 32.1. The third-order valence-corrected chi connectivity index (χ3v) is 14.8. The maximum atomic E-state index is 16.9. The van der Waals surface area contributed by atoms with E-state index in [1.807, 2.05) is 68.8 Å². The van der Waals surface area contributed by atoms with Gasteiger partial charge in [0.2, 0.25) is 18.0 Å². The fourth-order valence-electron chi connectivity index (χ4n) is 9.91. The van der Waals surface area contributed by atoms with E-state index in [9.17, 15) is 19.2 Å². The summed E-state index contributed by atoms with van der Waals surface area (Å²) in [5.74, 6) is 0.851. The van der Waals surface area contributed by atoms with Crippen LogP contribution in [0.2, 0.25) is 0 Å². The lowest BCUT2D eigenvalue weighted by Crippen LogP contribution is -2.51. The number of carbonyl (C=O) groups is 4. The van der Waals surface area contributed by atoms with Crippen molar-refractivity contribution >= 4 is 46.2 Å². The minimum atomic E-state index is -0.772. The summed E-state index contributed by atoms with van der Waals surface area (Å²) < 4.78 is 35.4. The summed E-state index contributed by atoms with van der Waals surface area (Å²) in [4.78, 5) is 77.4. The number of fused-ring (bicyclic) bond motifs is 5. The van der Waals surface area contributed by atoms with Crippen LogP contribution in [0.4, 0.5) is 14.0 Å². The second-order valence-corrected chi connectivity index (χ2v) is 19.9. The Morgan fingerprint density at radius 1 is 0.765 bits per heavy atom. The van der Waals surface area contributed by atoms with E-state index in [0.29, 0.717) is 65.3 Å². The molecule has 2 saturated heterocycles. The van der Waals surface area contributed by atoms with Gasteiger partial charge in [0.05, 0.1) is 76.7 Å². The molecule has 0 radical (unpaired) electrons. The number of methoxy groups -OCH3 is 2. The molecule has 1 aliphatic carbocycles. The first-order valence-corrected chi connectivity index (χ1v) is 24.1. The monoisotopic (exact) mass is 946 g/mol. The van der Waals surface area contributed by atoms with Gasteiger partial charge in [-0.25, -0.2) is 28.9 Å². The molecule has 0 bridgehead atoms. The molecule has 7 heterocycles. The number of halogens is 1. The van der Waals surface area contributed by atoms with Gasteiger partial charge in [-0.05, 0) is 80.7 Å². The summed E-state index contributed by atoms with van der Waals surface area (Å²) in [6.45, 7) is 8.56. The standard InChI is InChI=1S/C49H55FN10O7S/c1-24(2)40(56-48(63)65-5)45(61)58-15-7-9-34(58)42-51-21-31(54-42)27-13-14-33-29(17-27)19-36-39-30(50)18-28(20-37(39)67-47(60(33)36)38-23-53-44(68-38)26-11-12-26)32-22-52-43(55-32)35-10-8-16-59(35)46(62)41(25(3)4)57-49(64)66-6/h13-14,17-26,34-35,40-41,47H,7-12,15-16H2,1-6H3,(H,51,54)(H,52,55)(H,56,63)(H,57,64)/t34?,35-,40?,41?,47-/m0/s1. The number of hydrogen-bond acceptors (Lipinski definition) is 11. The first-order valence-electron chi connectivity index (χ1n) is 23.3. The number of H-pyrrole nitrogens is 2. The molecule has 2 aromatic carbocycles. The van der Waals surface area contributed by atoms with Crippen LogP contribution in [-0.4, -0.2) is 103 Å². The molecule has 6 aromatic rings. The summed E-state index contributed by atoms with van der Waals surface area (Å²) in [6, 6.07) is 9.21. The summed E-state index contributed by atoms with van der Waals surface area (Å²) in [5, 5.41) is 7.33. The molecule has 1 saturated carbocycles. The largest absolute Gasteiger partial charge is 0.464 e. The Bertz CT molecular complexity index is 2920. The highest BCUT2D eigenvalue weighted by Crippen LogP contribution is 2.50. The van der Waals surface area contributed by atoms with Crippen LogP contribution in [0, 0.1) is 17.7 Å². The van der Waals surface area contributed by atoms with Gasteiger partial charge in [0.1, 0.15) is 35.3 Å². The van der Waals surface area contributed by atoms with E-state index in [1.165, 1.54) is 20.3 Å².